The lowest BCUT2D eigenvalue weighted by atomic mass is 10.3. The van der Waals surface area contributed by atoms with E-state index in [-0.39, 0.29) is 12.3 Å². The van der Waals surface area contributed by atoms with E-state index in [1.165, 1.54) is 11.8 Å². The van der Waals surface area contributed by atoms with Crippen LogP contribution in [0.3, 0.4) is 0 Å². The second-order valence-corrected chi connectivity index (χ2v) is 4.13. The van der Waals surface area contributed by atoms with Gasteiger partial charge in [0.25, 0.3) is 0 Å². The van der Waals surface area contributed by atoms with Crippen LogP contribution in [0.25, 0.3) is 11.6 Å². The molecule has 0 aliphatic heterocycles. The van der Waals surface area contributed by atoms with Crippen LogP contribution in [-0.4, -0.2) is 26.9 Å². The molecule has 0 unspecified atom stereocenters. The van der Waals surface area contributed by atoms with Crippen LogP contribution in [0.4, 0.5) is 0 Å². The highest BCUT2D eigenvalue weighted by Crippen LogP contribution is 2.23. The summed E-state index contributed by atoms with van der Waals surface area (Å²) in [7, 11) is 0. The zero-order valence-corrected chi connectivity index (χ0v) is 10.1. The number of primary amides is 1. The highest BCUT2D eigenvalue weighted by Gasteiger charge is 2.15. The molecular weight excluding hydrogens is 240 g/mol. The zero-order chi connectivity index (χ0) is 12.3. The van der Waals surface area contributed by atoms with Gasteiger partial charge in [0, 0.05) is 13.0 Å². The molecule has 2 heterocycles. The topological polar surface area (TPSA) is 86.9 Å². The molecule has 0 bridgehead atoms. The molecule has 0 aromatic carbocycles. The second-order valence-electron chi connectivity index (χ2n) is 3.36. The maximum atomic E-state index is 10.8. The molecular formula is C10H12N4O2S. The summed E-state index contributed by atoms with van der Waals surface area (Å²) < 4.78 is 7.10. The molecule has 90 valence electrons. The Morgan fingerprint density at radius 3 is 3.00 bits per heavy atom. The van der Waals surface area contributed by atoms with E-state index in [0.717, 1.165) is 5.16 Å². The van der Waals surface area contributed by atoms with E-state index in [1.54, 1.807) is 18.4 Å². The van der Waals surface area contributed by atoms with Crippen LogP contribution in [0.1, 0.15) is 6.42 Å². The van der Waals surface area contributed by atoms with Crippen molar-refractivity contribution in [2.24, 2.45) is 5.73 Å². The van der Waals surface area contributed by atoms with Crippen LogP contribution >= 0.6 is 11.8 Å². The predicted octanol–water partition coefficient (Wildman–Crippen LogP) is 1.14. The third-order valence-corrected chi connectivity index (χ3v) is 2.89. The number of amides is 1. The Bertz CT molecular complexity index is 506. The molecule has 0 fully saturated rings. The van der Waals surface area contributed by atoms with Gasteiger partial charge in [0.15, 0.2) is 16.7 Å². The first kappa shape index (κ1) is 11.7. The molecule has 0 saturated carbocycles. The molecule has 0 atom stereocenters. The normalized spacial score (nSPS) is 10.6. The fourth-order valence-electron chi connectivity index (χ4n) is 1.45. The number of hydrogen-bond acceptors (Lipinski definition) is 5. The molecule has 1 amide bonds. The fourth-order valence-corrected chi connectivity index (χ4v) is 1.97. The van der Waals surface area contributed by atoms with Crippen LogP contribution in [0.2, 0.25) is 0 Å². The second kappa shape index (κ2) is 5.05. The summed E-state index contributed by atoms with van der Waals surface area (Å²) >= 11 is 1.46. The van der Waals surface area contributed by atoms with Crippen molar-refractivity contribution in [2.75, 3.05) is 6.26 Å². The van der Waals surface area contributed by atoms with E-state index in [2.05, 4.69) is 10.2 Å². The summed E-state index contributed by atoms with van der Waals surface area (Å²) in [5.74, 6) is 0.888. The number of furan rings is 1. The standard InChI is InChI=1S/C10H12N4O2S/c1-17-10-13-12-9(7-3-2-6-16-7)14(10)5-4-8(11)15/h2-3,6H,4-5H2,1H3,(H2,11,15). The smallest absolute Gasteiger partial charge is 0.219 e. The number of carbonyl (C=O) groups is 1. The van der Waals surface area contributed by atoms with Gasteiger partial charge in [0.05, 0.1) is 6.26 Å². The first-order chi connectivity index (χ1) is 8.22. The van der Waals surface area contributed by atoms with Gasteiger partial charge in [-0.15, -0.1) is 10.2 Å². The minimum Gasteiger partial charge on any atom is -0.461 e. The maximum Gasteiger partial charge on any atom is 0.219 e. The first-order valence-corrected chi connectivity index (χ1v) is 6.24. The molecule has 0 radical (unpaired) electrons. The average molecular weight is 252 g/mol. The lowest BCUT2D eigenvalue weighted by molar-refractivity contribution is -0.118. The van der Waals surface area contributed by atoms with Crippen LogP contribution in [0.15, 0.2) is 28.0 Å². The summed E-state index contributed by atoms with van der Waals surface area (Å²) in [6.07, 6.45) is 3.72. The maximum absolute atomic E-state index is 10.8. The van der Waals surface area contributed by atoms with E-state index in [4.69, 9.17) is 10.2 Å². The van der Waals surface area contributed by atoms with Crippen molar-refractivity contribution in [2.45, 2.75) is 18.1 Å². The van der Waals surface area contributed by atoms with Gasteiger partial charge in [-0.3, -0.25) is 9.36 Å². The zero-order valence-electron chi connectivity index (χ0n) is 9.29. The average Bonchev–Trinajstić information content (AvgIpc) is 2.94. The molecule has 6 nitrogen and oxygen atoms in total. The van der Waals surface area contributed by atoms with Crippen molar-refractivity contribution < 1.29 is 9.21 Å². The number of thioether (sulfide) groups is 1. The summed E-state index contributed by atoms with van der Waals surface area (Å²) in [6, 6.07) is 3.58. The Labute approximate surface area is 102 Å². The Kier molecular flexibility index (Phi) is 3.48. The quantitative estimate of drug-likeness (QED) is 0.806. The molecule has 17 heavy (non-hydrogen) atoms. The number of rotatable bonds is 5. The molecule has 2 N–H and O–H groups in total. The third-order valence-electron chi connectivity index (χ3n) is 2.22. The molecule has 7 heteroatoms. The van der Waals surface area contributed by atoms with Gasteiger partial charge in [-0.25, -0.2) is 0 Å². The van der Waals surface area contributed by atoms with Crippen molar-refractivity contribution in [3.05, 3.63) is 18.4 Å². The third kappa shape index (κ3) is 2.50. The van der Waals surface area contributed by atoms with Gasteiger partial charge in [0.2, 0.25) is 5.91 Å². The SMILES string of the molecule is CSc1nnc(-c2ccco2)n1CCC(N)=O. The van der Waals surface area contributed by atoms with Crippen molar-refractivity contribution >= 4 is 17.7 Å². The van der Waals surface area contributed by atoms with Gasteiger partial charge in [0.1, 0.15) is 0 Å². The van der Waals surface area contributed by atoms with E-state index in [1.807, 2.05) is 10.8 Å². The highest BCUT2D eigenvalue weighted by atomic mass is 32.2. The summed E-state index contributed by atoms with van der Waals surface area (Å²) in [5.41, 5.74) is 5.15. The molecule has 0 aliphatic rings. The van der Waals surface area contributed by atoms with Gasteiger partial charge in [-0.1, -0.05) is 11.8 Å². The minimum absolute atomic E-state index is 0.249. The van der Waals surface area contributed by atoms with E-state index >= 15 is 0 Å². The molecule has 2 rings (SSSR count). The molecule has 0 aliphatic carbocycles. The Morgan fingerprint density at radius 1 is 1.59 bits per heavy atom. The molecule has 0 saturated heterocycles. The lowest BCUT2D eigenvalue weighted by Gasteiger charge is -2.05. The summed E-state index contributed by atoms with van der Waals surface area (Å²) in [4.78, 5) is 10.8. The summed E-state index contributed by atoms with van der Waals surface area (Å²) in [6.45, 7) is 0.453. The van der Waals surface area contributed by atoms with E-state index in [0.29, 0.717) is 18.1 Å². The minimum atomic E-state index is -0.351. The van der Waals surface area contributed by atoms with Crippen molar-refractivity contribution in [3.63, 3.8) is 0 Å². The van der Waals surface area contributed by atoms with Crippen LogP contribution in [-0.2, 0) is 11.3 Å². The van der Waals surface area contributed by atoms with Crippen LogP contribution in [0.5, 0.6) is 0 Å². The number of hydrogen-bond donors (Lipinski definition) is 1. The number of nitrogens with two attached hydrogens (primary N) is 1. The van der Waals surface area contributed by atoms with Gasteiger partial charge < -0.3 is 10.2 Å². The number of nitrogens with zero attached hydrogens (tertiary/aromatic N) is 3. The van der Waals surface area contributed by atoms with Crippen molar-refractivity contribution in [3.8, 4) is 11.6 Å². The largest absolute Gasteiger partial charge is 0.461 e. The van der Waals surface area contributed by atoms with Gasteiger partial charge in [-0.05, 0) is 18.4 Å². The Balaban J connectivity index is 2.32. The van der Waals surface area contributed by atoms with Crippen molar-refractivity contribution in [1.29, 1.82) is 0 Å². The Hall–Kier alpha value is -1.76. The predicted molar refractivity (Wildman–Crippen MR) is 63.3 cm³/mol. The number of carbonyl (C=O) groups excluding carboxylic acids is 1. The highest BCUT2D eigenvalue weighted by molar-refractivity contribution is 7.98. The van der Waals surface area contributed by atoms with Crippen molar-refractivity contribution in [1.82, 2.24) is 14.8 Å². The fraction of sp³-hybridized carbons (Fsp3) is 0.300. The molecule has 2 aromatic heterocycles. The van der Waals surface area contributed by atoms with Crippen LogP contribution < -0.4 is 5.73 Å². The Morgan fingerprint density at radius 2 is 2.41 bits per heavy atom. The van der Waals surface area contributed by atoms with E-state index < -0.39 is 0 Å². The summed E-state index contributed by atoms with van der Waals surface area (Å²) in [5, 5.41) is 8.82. The number of aromatic nitrogens is 3. The molecule has 2 aromatic rings. The molecule has 0 spiro atoms. The van der Waals surface area contributed by atoms with Gasteiger partial charge in [-0.2, -0.15) is 0 Å². The van der Waals surface area contributed by atoms with E-state index in [9.17, 15) is 4.79 Å². The van der Waals surface area contributed by atoms with Gasteiger partial charge >= 0.3 is 0 Å². The van der Waals surface area contributed by atoms with Crippen LogP contribution in [0, 0.1) is 0 Å². The first-order valence-electron chi connectivity index (χ1n) is 5.01. The lowest BCUT2D eigenvalue weighted by Crippen LogP contribution is -2.14. The monoisotopic (exact) mass is 252 g/mol.